The number of aromatic nitrogens is 2. The summed E-state index contributed by atoms with van der Waals surface area (Å²) in [5.74, 6) is 1.53. The van der Waals surface area contributed by atoms with E-state index in [4.69, 9.17) is 20.2 Å². The molecule has 0 aliphatic carbocycles. The average molecular weight is 423 g/mol. The van der Waals surface area contributed by atoms with Crippen LogP contribution >= 0.6 is 0 Å². The van der Waals surface area contributed by atoms with Gasteiger partial charge in [-0.1, -0.05) is 12.1 Å². The number of nitrogens with zero attached hydrogens (tertiary/aromatic N) is 2. The van der Waals surface area contributed by atoms with Crippen LogP contribution in [0.1, 0.15) is 30.3 Å². The summed E-state index contributed by atoms with van der Waals surface area (Å²) in [6.45, 7) is 1.25. The van der Waals surface area contributed by atoms with Crippen molar-refractivity contribution in [1.29, 1.82) is 0 Å². The van der Waals surface area contributed by atoms with Crippen molar-refractivity contribution >= 4 is 16.8 Å². The summed E-state index contributed by atoms with van der Waals surface area (Å²) >= 11 is 0. The molecule has 0 saturated carbocycles. The summed E-state index contributed by atoms with van der Waals surface area (Å²) in [5, 5.41) is 0.484. The molecular weight excluding hydrogens is 396 g/mol. The Kier molecular flexibility index (Phi) is 5.90. The predicted molar refractivity (Wildman–Crippen MR) is 116 cm³/mol. The lowest BCUT2D eigenvalue weighted by Crippen LogP contribution is -3.09. The van der Waals surface area contributed by atoms with Gasteiger partial charge in [0.1, 0.15) is 30.6 Å². The zero-order valence-electron chi connectivity index (χ0n) is 17.8. The van der Waals surface area contributed by atoms with Gasteiger partial charge in [-0.25, -0.2) is 4.98 Å². The van der Waals surface area contributed by atoms with E-state index in [9.17, 15) is 9.59 Å². The number of hydrogen-bond acceptors (Lipinski definition) is 5. The fourth-order valence-electron chi connectivity index (χ4n) is 4.48. The second-order valence-corrected chi connectivity index (χ2v) is 7.79. The molecule has 8 heteroatoms. The van der Waals surface area contributed by atoms with Crippen molar-refractivity contribution in [3.63, 3.8) is 0 Å². The number of fused-ring (bicyclic) bond motifs is 1. The van der Waals surface area contributed by atoms with Gasteiger partial charge in [0.05, 0.1) is 37.2 Å². The Labute approximate surface area is 180 Å². The summed E-state index contributed by atoms with van der Waals surface area (Å²) in [7, 11) is 3.28. The van der Waals surface area contributed by atoms with Gasteiger partial charge in [0.15, 0.2) is 5.82 Å². The molecule has 2 heterocycles. The van der Waals surface area contributed by atoms with Crippen molar-refractivity contribution < 1.29 is 19.2 Å². The lowest BCUT2D eigenvalue weighted by molar-refractivity contribution is -0.932. The number of amides is 1. The molecule has 2 aromatic carbocycles. The van der Waals surface area contributed by atoms with Crippen molar-refractivity contribution in [2.24, 2.45) is 5.73 Å². The summed E-state index contributed by atoms with van der Waals surface area (Å²) in [4.78, 5) is 30.7. The van der Waals surface area contributed by atoms with Crippen LogP contribution in [0, 0.1) is 0 Å². The normalized spacial score (nSPS) is 18.3. The fourth-order valence-corrected chi connectivity index (χ4v) is 4.48. The molecule has 1 aliphatic heterocycles. The standard InChI is InChI=1S/C23H26N4O4/c1-30-15-9-10-17(20(12-15)31-2)19-8-5-11-26(19)14-22-25-18-7-4-3-6-16(18)23(29)27(22)13-21(24)28/h3-4,6-7,9-10,12,19H,5,8,11,13-14H2,1-2H3,(H2,24,28)/p+1/t19-/m0/s1. The van der Waals surface area contributed by atoms with Gasteiger partial charge in [-0.3, -0.25) is 14.2 Å². The molecular formula is C23H27N4O4+. The molecule has 1 aliphatic rings. The maximum Gasteiger partial charge on any atom is 0.262 e. The molecule has 31 heavy (non-hydrogen) atoms. The Bertz CT molecular complexity index is 1170. The number of nitrogens with one attached hydrogen (secondary N) is 1. The zero-order chi connectivity index (χ0) is 22.0. The highest BCUT2D eigenvalue weighted by atomic mass is 16.5. The Morgan fingerprint density at radius 1 is 1.23 bits per heavy atom. The number of rotatable bonds is 7. The second kappa shape index (κ2) is 8.77. The molecule has 162 valence electrons. The first-order valence-electron chi connectivity index (χ1n) is 10.3. The summed E-state index contributed by atoms with van der Waals surface area (Å²) in [6, 6.07) is 13.2. The minimum absolute atomic E-state index is 0.185. The van der Waals surface area contributed by atoms with Gasteiger partial charge < -0.3 is 20.1 Å². The van der Waals surface area contributed by atoms with E-state index >= 15 is 0 Å². The molecule has 0 bridgehead atoms. The van der Waals surface area contributed by atoms with E-state index in [1.165, 1.54) is 9.47 Å². The zero-order valence-corrected chi connectivity index (χ0v) is 17.8. The van der Waals surface area contributed by atoms with Crippen LogP contribution in [0.4, 0.5) is 0 Å². The number of methoxy groups -OCH3 is 2. The number of ether oxygens (including phenoxy) is 2. The van der Waals surface area contributed by atoms with E-state index in [1.807, 2.05) is 30.3 Å². The molecule has 4 rings (SSSR count). The average Bonchev–Trinajstić information content (AvgIpc) is 3.23. The third kappa shape index (κ3) is 4.11. The van der Waals surface area contributed by atoms with Crippen LogP contribution in [0.2, 0.25) is 0 Å². The Morgan fingerprint density at radius 3 is 2.77 bits per heavy atom. The summed E-state index contributed by atoms with van der Waals surface area (Å²) < 4.78 is 12.4. The first-order valence-corrected chi connectivity index (χ1v) is 10.3. The molecule has 8 nitrogen and oxygen atoms in total. The number of quaternary nitrogens is 1. The molecule has 0 radical (unpaired) electrons. The highest BCUT2D eigenvalue weighted by Crippen LogP contribution is 2.31. The molecule has 1 fully saturated rings. The minimum Gasteiger partial charge on any atom is -0.497 e. The SMILES string of the molecule is COc1ccc([C@@H]2CCC[NH+]2Cc2nc3ccccc3c(=O)n2CC(N)=O)c(OC)c1. The summed E-state index contributed by atoms with van der Waals surface area (Å²) in [5.41, 5.74) is 6.92. The highest BCUT2D eigenvalue weighted by Gasteiger charge is 2.33. The van der Waals surface area contributed by atoms with Crippen molar-refractivity contribution in [2.45, 2.75) is 32.0 Å². The number of carbonyl (C=O) groups excluding carboxylic acids is 1. The molecule has 2 atom stereocenters. The highest BCUT2D eigenvalue weighted by molar-refractivity contribution is 5.78. The van der Waals surface area contributed by atoms with E-state index in [1.54, 1.807) is 26.4 Å². The van der Waals surface area contributed by atoms with Gasteiger partial charge in [-0.15, -0.1) is 0 Å². The molecule has 3 N–H and O–H groups in total. The van der Waals surface area contributed by atoms with Gasteiger partial charge in [-0.2, -0.15) is 0 Å². The quantitative estimate of drug-likeness (QED) is 0.586. The van der Waals surface area contributed by atoms with E-state index < -0.39 is 5.91 Å². The van der Waals surface area contributed by atoms with Crippen LogP contribution in [0.25, 0.3) is 10.9 Å². The molecule has 1 amide bonds. The lowest BCUT2D eigenvalue weighted by Gasteiger charge is -2.24. The molecule has 0 spiro atoms. The largest absolute Gasteiger partial charge is 0.497 e. The van der Waals surface area contributed by atoms with Gasteiger partial charge in [-0.05, 0) is 24.3 Å². The molecule has 1 unspecified atom stereocenters. The topological polar surface area (TPSA) is 101 Å². The van der Waals surface area contributed by atoms with Crippen molar-refractivity contribution in [3.05, 3.63) is 64.2 Å². The number of benzene rings is 2. The smallest absolute Gasteiger partial charge is 0.262 e. The van der Waals surface area contributed by atoms with E-state index in [-0.39, 0.29) is 18.1 Å². The number of hydrogen-bond donors (Lipinski definition) is 2. The van der Waals surface area contributed by atoms with Gasteiger partial charge in [0.2, 0.25) is 5.91 Å². The van der Waals surface area contributed by atoms with Crippen LogP contribution in [0.3, 0.4) is 0 Å². The van der Waals surface area contributed by atoms with Crippen LogP contribution in [-0.4, -0.2) is 36.2 Å². The summed E-state index contributed by atoms with van der Waals surface area (Å²) in [6.07, 6.45) is 2.04. The first-order chi connectivity index (χ1) is 15.0. The minimum atomic E-state index is -0.565. The fraction of sp³-hybridized carbons (Fsp3) is 0.348. The number of nitrogens with two attached hydrogens (primary N) is 1. The van der Waals surface area contributed by atoms with E-state index in [0.29, 0.717) is 23.3 Å². The van der Waals surface area contributed by atoms with Crippen LogP contribution in [-0.2, 0) is 17.9 Å². The number of primary amides is 1. The van der Waals surface area contributed by atoms with E-state index in [0.717, 1.165) is 36.4 Å². The van der Waals surface area contributed by atoms with Crippen LogP contribution in [0.15, 0.2) is 47.3 Å². The Balaban J connectivity index is 1.73. The number of para-hydroxylation sites is 1. The molecule has 1 aromatic heterocycles. The van der Waals surface area contributed by atoms with Crippen molar-refractivity contribution in [3.8, 4) is 11.5 Å². The number of carbonyl (C=O) groups is 1. The third-order valence-corrected chi connectivity index (χ3v) is 5.94. The number of likely N-dealkylation sites (tertiary alicyclic amines) is 1. The maximum atomic E-state index is 13.1. The van der Waals surface area contributed by atoms with Crippen molar-refractivity contribution in [1.82, 2.24) is 9.55 Å². The Hall–Kier alpha value is -3.39. The van der Waals surface area contributed by atoms with E-state index in [2.05, 4.69) is 0 Å². The maximum absolute atomic E-state index is 13.1. The van der Waals surface area contributed by atoms with Crippen molar-refractivity contribution in [2.75, 3.05) is 20.8 Å². The Morgan fingerprint density at radius 2 is 2.03 bits per heavy atom. The van der Waals surface area contributed by atoms with Gasteiger partial charge >= 0.3 is 0 Å². The molecule has 3 aromatic rings. The lowest BCUT2D eigenvalue weighted by atomic mass is 10.0. The molecule has 1 saturated heterocycles. The van der Waals surface area contributed by atoms with Gasteiger partial charge in [0.25, 0.3) is 5.56 Å². The predicted octanol–water partition coefficient (Wildman–Crippen LogP) is 0.819. The monoisotopic (exact) mass is 423 g/mol. The van der Waals surface area contributed by atoms with Crippen LogP contribution in [0.5, 0.6) is 11.5 Å². The third-order valence-electron chi connectivity index (χ3n) is 5.94. The first kappa shape index (κ1) is 20.9. The van der Waals surface area contributed by atoms with Crippen LogP contribution < -0.4 is 25.7 Å². The second-order valence-electron chi connectivity index (χ2n) is 7.79. The van der Waals surface area contributed by atoms with Gasteiger partial charge in [0, 0.05) is 18.9 Å².